The number of benzene rings is 3. The summed E-state index contributed by atoms with van der Waals surface area (Å²) < 4.78 is 5.96. The first-order valence-electron chi connectivity index (χ1n) is 11.6. The number of amides is 1. The number of hydrogen-bond acceptors (Lipinski definition) is 4. The number of carboxylic acids is 1. The molecule has 6 heteroatoms. The van der Waals surface area contributed by atoms with E-state index in [4.69, 9.17) is 4.74 Å². The number of nitrogens with zero attached hydrogens (tertiary/aromatic N) is 1. The number of nitrogens with one attached hydrogen (secondary N) is 1. The Bertz CT molecular complexity index is 1130. The number of fused-ring (bicyclic) bond motifs is 1. The lowest BCUT2D eigenvalue weighted by Crippen LogP contribution is -2.54. The number of hydrogen-bond donors (Lipinski definition) is 2. The quantitative estimate of drug-likeness (QED) is 0.523. The molecule has 1 unspecified atom stereocenters. The van der Waals surface area contributed by atoms with Gasteiger partial charge in [0.25, 0.3) is 0 Å². The molecule has 2 atom stereocenters. The topological polar surface area (TPSA) is 78.9 Å². The monoisotopic (exact) mass is 458 g/mol. The largest absolute Gasteiger partial charge is 0.489 e. The highest BCUT2D eigenvalue weighted by molar-refractivity contribution is 5.99. The highest BCUT2D eigenvalue weighted by Crippen LogP contribution is 2.32. The lowest BCUT2D eigenvalue weighted by molar-refractivity contribution is -0.140. The Morgan fingerprint density at radius 2 is 1.68 bits per heavy atom. The van der Waals surface area contributed by atoms with Crippen molar-refractivity contribution in [3.05, 3.63) is 95.6 Å². The molecular formula is C28H30N2O4. The molecule has 2 N–H and O–H groups in total. The van der Waals surface area contributed by atoms with Crippen molar-refractivity contribution in [2.45, 2.75) is 44.8 Å². The van der Waals surface area contributed by atoms with E-state index in [1.165, 1.54) is 5.56 Å². The van der Waals surface area contributed by atoms with Crippen LogP contribution in [0.15, 0.2) is 78.9 Å². The first-order valence-corrected chi connectivity index (χ1v) is 11.6. The van der Waals surface area contributed by atoms with Crippen molar-refractivity contribution >= 4 is 17.6 Å². The van der Waals surface area contributed by atoms with E-state index in [-0.39, 0.29) is 18.9 Å². The SMILES string of the molecule is CC(C)c1ccc(CN2C(=O)C(N[C@@H](Cc3ccccc3)C(=O)O)COc3ccccc32)cc1. The van der Waals surface area contributed by atoms with Gasteiger partial charge in [0.2, 0.25) is 5.91 Å². The number of rotatable bonds is 8. The number of anilines is 1. The van der Waals surface area contributed by atoms with E-state index in [9.17, 15) is 14.7 Å². The molecule has 1 aliphatic heterocycles. The fourth-order valence-corrected chi connectivity index (χ4v) is 4.14. The zero-order valence-corrected chi connectivity index (χ0v) is 19.5. The predicted octanol–water partition coefficient (Wildman–Crippen LogP) is 4.39. The Morgan fingerprint density at radius 1 is 1.00 bits per heavy atom. The van der Waals surface area contributed by atoms with Gasteiger partial charge < -0.3 is 14.7 Å². The number of carbonyl (C=O) groups is 2. The molecule has 1 amide bonds. The average Bonchev–Trinajstić information content (AvgIpc) is 2.97. The Balaban J connectivity index is 1.59. The van der Waals surface area contributed by atoms with Gasteiger partial charge in [-0.25, -0.2) is 0 Å². The normalized spacial score (nSPS) is 16.5. The van der Waals surface area contributed by atoms with Crippen LogP contribution in [0.4, 0.5) is 5.69 Å². The van der Waals surface area contributed by atoms with Crippen LogP contribution in [0, 0.1) is 0 Å². The lowest BCUT2D eigenvalue weighted by Gasteiger charge is -2.27. The molecule has 0 radical (unpaired) electrons. The van der Waals surface area contributed by atoms with Crippen molar-refractivity contribution < 1.29 is 19.4 Å². The fraction of sp³-hybridized carbons (Fsp3) is 0.286. The van der Waals surface area contributed by atoms with E-state index in [0.29, 0.717) is 23.9 Å². The molecule has 176 valence electrons. The van der Waals surface area contributed by atoms with Crippen LogP contribution < -0.4 is 15.0 Å². The average molecular weight is 459 g/mol. The second kappa shape index (κ2) is 10.5. The maximum atomic E-state index is 13.7. The van der Waals surface area contributed by atoms with Gasteiger partial charge in [0, 0.05) is 0 Å². The van der Waals surface area contributed by atoms with Crippen molar-refractivity contribution in [3.63, 3.8) is 0 Å². The molecule has 0 aromatic heterocycles. The third kappa shape index (κ3) is 5.46. The minimum atomic E-state index is -1.01. The Morgan fingerprint density at radius 3 is 2.35 bits per heavy atom. The van der Waals surface area contributed by atoms with Crippen LogP contribution in [0.2, 0.25) is 0 Å². The molecule has 3 aromatic carbocycles. The van der Waals surface area contributed by atoms with Gasteiger partial charge in [0.1, 0.15) is 24.4 Å². The Labute approximate surface area is 200 Å². The summed E-state index contributed by atoms with van der Waals surface area (Å²) in [4.78, 5) is 27.4. The van der Waals surface area contributed by atoms with Gasteiger partial charge >= 0.3 is 5.97 Å². The summed E-state index contributed by atoms with van der Waals surface area (Å²) >= 11 is 0. The molecule has 1 heterocycles. The fourth-order valence-electron chi connectivity index (χ4n) is 4.14. The standard InChI is InChI=1S/C28H30N2O4/c1-19(2)22-14-12-21(13-15-22)17-30-25-10-6-7-11-26(25)34-18-24(27(30)31)29-23(28(32)33)16-20-8-4-3-5-9-20/h3-15,19,23-24,29H,16-18H2,1-2H3,(H,32,33)/t23-,24?/m0/s1. The van der Waals surface area contributed by atoms with Gasteiger partial charge in [-0.3, -0.25) is 14.9 Å². The van der Waals surface area contributed by atoms with E-state index in [1.54, 1.807) is 4.90 Å². The van der Waals surface area contributed by atoms with Crippen molar-refractivity contribution in [3.8, 4) is 5.75 Å². The predicted molar refractivity (Wildman–Crippen MR) is 132 cm³/mol. The summed E-state index contributed by atoms with van der Waals surface area (Å²) in [5.74, 6) is -0.186. The molecule has 0 spiro atoms. The highest BCUT2D eigenvalue weighted by atomic mass is 16.5. The summed E-state index contributed by atoms with van der Waals surface area (Å²) in [5.41, 5.74) is 3.79. The molecule has 3 aromatic rings. The molecule has 34 heavy (non-hydrogen) atoms. The van der Waals surface area contributed by atoms with Gasteiger partial charge in [-0.05, 0) is 41.2 Å². The van der Waals surface area contributed by atoms with Gasteiger partial charge in [-0.2, -0.15) is 0 Å². The van der Waals surface area contributed by atoms with Crippen LogP contribution in [0.5, 0.6) is 5.75 Å². The lowest BCUT2D eigenvalue weighted by atomic mass is 10.0. The minimum absolute atomic E-state index is 0.0528. The van der Waals surface area contributed by atoms with E-state index in [2.05, 4.69) is 31.3 Å². The van der Waals surface area contributed by atoms with E-state index in [0.717, 1.165) is 11.1 Å². The number of aliphatic carboxylic acids is 1. The molecule has 1 aliphatic rings. The zero-order valence-electron chi connectivity index (χ0n) is 19.5. The van der Waals surface area contributed by atoms with Gasteiger partial charge in [-0.1, -0.05) is 80.6 Å². The number of para-hydroxylation sites is 2. The third-order valence-electron chi connectivity index (χ3n) is 6.10. The molecule has 4 rings (SSSR count). The van der Waals surface area contributed by atoms with E-state index < -0.39 is 18.1 Å². The number of carboxylic acid groups (broad SMARTS) is 1. The van der Waals surface area contributed by atoms with Crippen molar-refractivity contribution in [1.82, 2.24) is 5.32 Å². The van der Waals surface area contributed by atoms with Crippen LogP contribution in [0.25, 0.3) is 0 Å². The van der Waals surface area contributed by atoms with E-state index >= 15 is 0 Å². The number of carbonyl (C=O) groups excluding carboxylic acids is 1. The van der Waals surface area contributed by atoms with Gasteiger partial charge in [-0.15, -0.1) is 0 Å². The summed E-state index contributed by atoms with van der Waals surface area (Å²) in [6, 6.07) is 23.3. The Kier molecular flexibility index (Phi) is 7.28. The van der Waals surface area contributed by atoms with Crippen LogP contribution in [-0.4, -0.2) is 35.7 Å². The van der Waals surface area contributed by atoms with E-state index in [1.807, 2.05) is 66.7 Å². The van der Waals surface area contributed by atoms with Crippen molar-refractivity contribution in [2.24, 2.45) is 0 Å². The van der Waals surface area contributed by atoms with Crippen LogP contribution >= 0.6 is 0 Å². The van der Waals surface area contributed by atoms with Crippen LogP contribution in [0.3, 0.4) is 0 Å². The highest BCUT2D eigenvalue weighted by Gasteiger charge is 2.34. The first kappa shape index (κ1) is 23.5. The summed E-state index contributed by atoms with van der Waals surface area (Å²) in [6.45, 7) is 4.71. The number of ether oxygens (including phenoxy) is 1. The second-order valence-corrected chi connectivity index (χ2v) is 8.90. The third-order valence-corrected chi connectivity index (χ3v) is 6.10. The maximum absolute atomic E-state index is 13.7. The van der Waals surface area contributed by atoms with Crippen LogP contribution in [0.1, 0.15) is 36.5 Å². The first-order chi connectivity index (χ1) is 16.4. The molecule has 0 saturated carbocycles. The van der Waals surface area contributed by atoms with Crippen molar-refractivity contribution in [2.75, 3.05) is 11.5 Å². The zero-order chi connectivity index (χ0) is 24.1. The molecule has 0 aliphatic carbocycles. The summed E-state index contributed by atoms with van der Waals surface area (Å²) in [7, 11) is 0. The summed E-state index contributed by atoms with van der Waals surface area (Å²) in [6.07, 6.45) is 0.267. The summed E-state index contributed by atoms with van der Waals surface area (Å²) in [5, 5.41) is 12.9. The second-order valence-electron chi connectivity index (χ2n) is 8.90. The molecule has 0 saturated heterocycles. The molecule has 6 nitrogen and oxygen atoms in total. The molecular weight excluding hydrogens is 428 g/mol. The molecule has 0 fully saturated rings. The van der Waals surface area contributed by atoms with Gasteiger partial charge in [0.05, 0.1) is 12.2 Å². The smallest absolute Gasteiger partial charge is 0.321 e. The minimum Gasteiger partial charge on any atom is -0.489 e. The maximum Gasteiger partial charge on any atom is 0.321 e. The Hall–Kier alpha value is -3.64. The van der Waals surface area contributed by atoms with Crippen molar-refractivity contribution in [1.29, 1.82) is 0 Å². The van der Waals surface area contributed by atoms with Crippen LogP contribution in [-0.2, 0) is 22.6 Å². The molecule has 0 bridgehead atoms. The van der Waals surface area contributed by atoms with Gasteiger partial charge in [0.15, 0.2) is 0 Å².